The third kappa shape index (κ3) is 2.43. The molecule has 0 amide bonds. The zero-order chi connectivity index (χ0) is 22.4. The van der Waals surface area contributed by atoms with E-state index in [1.54, 1.807) is 13.0 Å². The van der Waals surface area contributed by atoms with Crippen LogP contribution in [0, 0.1) is 40.4 Å². The largest absolute Gasteiger partial charge is 0.360 e. The van der Waals surface area contributed by atoms with Crippen molar-refractivity contribution in [3.05, 3.63) is 11.6 Å². The van der Waals surface area contributed by atoms with Crippen LogP contribution in [0.2, 0.25) is 0 Å². The van der Waals surface area contributed by atoms with Crippen LogP contribution in [0.3, 0.4) is 0 Å². The van der Waals surface area contributed by atoms with Crippen molar-refractivity contribution in [2.45, 2.75) is 84.2 Å². The highest BCUT2D eigenvalue weighted by molar-refractivity contribution is 5.99. The van der Waals surface area contributed by atoms with Crippen molar-refractivity contribution in [3.63, 3.8) is 0 Å². The Balaban J connectivity index is 1.64. The van der Waals surface area contributed by atoms with Crippen LogP contribution in [-0.4, -0.2) is 40.1 Å². The highest BCUT2D eigenvalue weighted by atomic mass is 16.9. The Bertz CT molecular complexity index is 841. The lowest BCUT2D eigenvalue weighted by Crippen LogP contribution is -2.78. The molecule has 7 atom stereocenters. The van der Waals surface area contributed by atoms with Crippen LogP contribution in [0.1, 0.15) is 72.6 Å². The van der Waals surface area contributed by atoms with Gasteiger partial charge in [-0.2, -0.15) is 0 Å². The van der Waals surface area contributed by atoms with Gasteiger partial charge in [-0.15, -0.1) is 0 Å². The van der Waals surface area contributed by atoms with Gasteiger partial charge < -0.3 is 19.7 Å². The molecule has 0 aromatic heterocycles. The number of carbonyl (C=O) groups is 2. The predicted molar refractivity (Wildman–Crippen MR) is 112 cm³/mol. The first-order chi connectivity index (χ1) is 14.5. The molecule has 5 aliphatic rings. The van der Waals surface area contributed by atoms with E-state index < -0.39 is 22.8 Å². The Labute approximate surface area is 184 Å². The molecular weight excluding hydrogens is 396 g/mol. The van der Waals surface area contributed by atoms with Gasteiger partial charge in [0.05, 0.1) is 5.41 Å². The number of carbonyl (C=O) groups excluding carboxylic acids is 2. The Kier molecular flexibility index (Phi) is 4.71. The quantitative estimate of drug-likeness (QED) is 0.665. The summed E-state index contributed by atoms with van der Waals surface area (Å²) >= 11 is 0. The first-order valence-corrected chi connectivity index (χ1v) is 12.0. The molecule has 5 rings (SSSR count). The summed E-state index contributed by atoms with van der Waals surface area (Å²) in [5, 5.41) is 23.3. The molecule has 31 heavy (non-hydrogen) atoms. The number of hydrogen-bond acceptors (Lipinski definition) is 6. The van der Waals surface area contributed by atoms with E-state index in [2.05, 4.69) is 13.8 Å². The van der Waals surface area contributed by atoms with Crippen LogP contribution in [0.15, 0.2) is 11.6 Å². The first-order valence-electron chi connectivity index (χ1n) is 12.0. The summed E-state index contributed by atoms with van der Waals surface area (Å²) in [6.45, 7) is 8.01. The number of ketones is 2. The Hall–Kier alpha value is -1.08. The van der Waals surface area contributed by atoms with Crippen molar-refractivity contribution in [3.8, 4) is 0 Å². The highest BCUT2D eigenvalue weighted by Crippen LogP contribution is 2.71. The second kappa shape index (κ2) is 6.72. The molecule has 0 radical (unpaired) electrons. The van der Waals surface area contributed by atoms with Gasteiger partial charge in [-0.25, -0.2) is 0 Å². The van der Waals surface area contributed by atoms with Gasteiger partial charge in [0.1, 0.15) is 5.78 Å². The average Bonchev–Trinajstić information content (AvgIpc) is 2.99. The summed E-state index contributed by atoms with van der Waals surface area (Å²) in [6, 6.07) is 0. The van der Waals surface area contributed by atoms with Crippen LogP contribution in [0.4, 0.5) is 0 Å². The van der Waals surface area contributed by atoms with E-state index in [-0.39, 0.29) is 35.9 Å². The van der Waals surface area contributed by atoms with E-state index in [1.807, 2.05) is 6.92 Å². The Morgan fingerprint density at radius 1 is 1.19 bits per heavy atom. The third-order valence-electron chi connectivity index (χ3n) is 10.2. The molecule has 1 saturated heterocycles. The highest BCUT2D eigenvalue weighted by Gasteiger charge is 2.77. The van der Waals surface area contributed by atoms with Crippen molar-refractivity contribution in [1.29, 1.82) is 0 Å². The van der Waals surface area contributed by atoms with Crippen molar-refractivity contribution in [1.82, 2.24) is 0 Å². The molecular formula is C25H36O6. The summed E-state index contributed by atoms with van der Waals surface area (Å²) in [7, 11) is 0. The lowest BCUT2D eigenvalue weighted by Gasteiger charge is -2.66. The number of rotatable bonds is 3. The maximum absolute atomic E-state index is 12.8. The van der Waals surface area contributed by atoms with Crippen molar-refractivity contribution in [2.24, 2.45) is 40.4 Å². The number of hydrogen-bond donors (Lipinski definition) is 2. The van der Waals surface area contributed by atoms with E-state index in [1.165, 1.54) is 0 Å². The van der Waals surface area contributed by atoms with Crippen LogP contribution in [0.5, 0.6) is 0 Å². The fraction of sp³-hybridized carbons (Fsp3) is 0.840. The van der Waals surface area contributed by atoms with Crippen molar-refractivity contribution in [2.75, 3.05) is 6.79 Å². The van der Waals surface area contributed by atoms with E-state index >= 15 is 0 Å². The lowest BCUT2D eigenvalue weighted by atomic mass is 9.41. The van der Waals surface area contributed by atoms with Gasteiger partial charge in [0, 0.05) is 5.92 Å². The maximum atomic E-state index is 12.8. The molecule has 172 valence electrons. The van der Waals surface area contributed by atoms with E-state index in [0.717, 1.165) is 44.1 Å². The smallest absolute Gasteiger partial charge is 0.293 e. The van der Waals surface area contributed by atoms with Crippen molar-refractivity contribution < 1.29 is 29.3 Å². The molecule has 1 spiro atoms. The van der Waals surface area contributed by atoms with Gasteiger partial charge in [-0.3, -0.25) is 9.59 Å². The molecule has 2 N–H and O–H groups in total. The monoisotopic (exact) mass is 432 g/mol. The number of Topliss-reactive ketones (excluding diaryl/α,β-unsaturated/α-hetero) is 1. The third-order valence-corrected chi connectivity index (χ3v) is 10.2. The number of fused-ring (bicyclic) bond motifs is 5. The lowest BCUT2D eigenvalue weighted by molar-refractivity contribution is -0.489. The normalized spacial score (nSPS) is 47.1. The minimum absolute atomic E-state index is 0.00371. The number of ether oxygens (including phenoxy) is 2. The fourth-order valence-corrected chi connectivity index (χ4v) is 8.91. The molecule has 3 saturated carbocycles. The number of aliphatic hydroxyl groups is 2. The molecule has 4 aliphatic carbocycles. The minimum atomic E-state index is -2.43. The average molecular weight is 433 g/mol. The van der Waals surface area contributed by atoms with Crippen LogP contribution >= 0.6 is 0 Å². The SMILES string of the molecule is CCC[C@@H]1C[C@]2(C)[C@@H](C(C)=O)CC[C@H]2[C@@H]2CCC3=CC(=O)C4(OCO4)C(O)(O)[C@]3(C)[C@@H]12. The second-order valence-electron chi connectivity index (χ2n) is 11.3. The molecule has 6 heteroatoms. The molecule has 4 fully saturated rings. The summed E-state index contributed by atoms with van der Waals surface area (Å²) < 4.78 is 10.9. The molecule has 0 aromatic carbocycles. The summed E-state index contributed by atoms with van der Waals surface area (Å²) in [4.78, 5) is 25.4. The zero-order valence-corrected chi connectivity index (χ0v) is 19.1. The van der Waals surface area contributed by atoms with E-state index in [9.17, 15) is 19.8 Å². The van der Waals surface area contributed by atoms with Gasteiger partial charge in [0.2, 0.25) is 11.6 Å². The Morgan fingerprint density at radius 2 is 1.90 bits per heavy atom. The van der Waals surface area contributed by atoms with Gasteiger partial charge in [-0.1, -0.05) is 39.2 Å². The van der Waals surface area contributed by atoms with Gasteiger partial charge in [-0.05, 0) is 74.2 Å². The molecule has 1 heterocycles. The predicted octanol–water partition coefficient (Wildman–Crippen LogP) is 3.35. The van der Waals surface area contributed by atoms with E-state index in [4.69, 9.17) is 9.47 Å². The standard InChI is InChI=1S/C25H36O6/c1-5-6-15-12-22(3)18(14(2)26)9-10-19(22)17-8-7-16-11-20(27)24(30-13-31-24)25(28,29)23(16,4)21(15)17/h11,15,17-19,21,28-29H,5-10,12-13H2,1-4H3/t15-,17+,18-,19+,21+,22-,23+/m1/s1. The van der Waals surface area contributed by atoms with Gasteiger partial charge in [0.25, 0.3) is 5.79 Å². The topological polar surface area (TPSA) is 93.1 Å². The molecule has 0 bridgehead atoms. The molecule has 6 nitrogen and oxygen atoms in total. The summed E-state index contributed by atoms with van der Waals surface area (Å²) in [5.41, 5.74) is -0.247. The summed E-state index contributed by atoms with van der Waals surface area (Å²) in [6.07, 6.45) is 7.98. The molecule has 0 unspecified atom stereocenters. The first kappa shape index (κ1) is 21.7. The van der Waals surface area contributed by atoms with Crippen LogP contribution < -0.4 is 0 Å². The van der Waals surface area contributed by atoms with Gasteiger partial charge >= 0.3 is 0 Å². The summed E-state index contributed by atoms with van der Waals surface area (Å²) in [5.74, 6) is -3.65. The fourth-order valence-electron chi connectivity index (χ4n) is 8.91. The van der Waals surface area contributed by atoms with Crippen LogP contribution in [-0.2, 0) is 19.1 Å². The molecule has 1 aliphatic heterocycles. The maximum Gasteiger partial charge on any atom is 0.293 e. The Morgan fingerprint density at radius 3 is 2.48 bits per heavy atom. The second-order valence-corrected chi connectivity index (χ2v) is 11.3. The minimum Gasteiger partial charge on any atom is -0.360 e. The van der Waals surface area contributed by atoms with Crippen molar-refractivity contribution >= 4 is 11.6 Å². The molecule has 0 aromatic rings. The van der Waals surface area contributed by atoms with Crippen LogP contribution in [0.25, 0.3) is 0 Å². The zero-order valence-electron chi connectivity index (χ0n) is 19.1. The van der Waals surface area contributed by atoms with Gasteiger partial charge in [0.15, 0.2) is 6.79 Å². The van der Waals surface area contributed by atoms with E-state index in [0.29, 0.717) is 18.1 Å².